The number of para-hydroxylation sites is 1. The van der Waals surface area contributed by atoms with Gasteiger partial charge >= 0.3 is 0 Å². The van der Waals surface area contributed by atoms with E-state index >= 15 is 0 Å². The van der Waals surface area contributed by atoms with E-state index in [1.54, 1.807) is 0 Å². The Hall–Kier alpha value is -2.34. The Labute approximate surface area is 185 Å². The average molecular weight is 423 g/mol. The van der Waals surface area contributed by atoms with Gasteiger partial charge in [0.05, 0.1) is 12.3 Å². The quantitative estimate of drug-likeness (QED) is 0.779. The molecule has 3 heterocycles. The molecule has 1 aliphatic carbocycles. The highest BCUT2D eigenvalue weighted by Crippen LogP contribution is 2.52. The van der Waals surface area contributed by atoms with Crippen molar-refractivity contribution in [2.45, 2.75) is 70.5 Å². The maximum atomic E-state index is 13.7. The summed E-state index contributed by atoms with van der Waals surface area (Å²) in [5.41, 5.74) is 2.45. The summed E-state index contributed by atoms with van der Waals surface area (Å²) >= 11 is 0. The third kappa shape index (κ3) is 3.36. The fourth-order valence-electron chi connectivity index (χ4n) is 6.43. The maximum Gasteiger partial charge on any atom is 0.272 e. The Kier molecular flexibility index (Phi) is 5.29. The summed E-state index contributed by atoms with van der Waals surface area (Å²) in [6, 6.07) is 11.2. The van der Waals surface area contributed by atoms with Crippen molar-refractivity contribution in [2.24, 2.45) is 5.41 Å². The van der Waals surface area contributed by atoms with Crippen LogP contribution in [0.25, 0.3) is 11.3 Å². The van der Waals surface area contributed by atoms with Crippen LogP contribution in [0.1, 0.15) is 62.9 Å². The molecule has 2 aromatic rings. The van der Waals surface area contributed by atoms with Gasteiger partial charge in [-0.15, -0.1) is 0 Å². The summed E-state index contributed by atoms with van der Waals surface area (Å²) in [5, 5.41) is 7.53. The van der Waals surface area contributed by atoms with Crippen molar-refractivity contribution < 1.29 is 9.53 Å². The van der Waals surface area contributed by atoms with Crippen molar-refractivity contribution in [1.29, 1.82) is 0 Å². The number of piperidine rings is 1. The molecule has 3 fully saturated rings. The number of likely N-dealkylation sites (tertiary alicyclic amines) is 2. The van der Waals surface area contributed by atoms with Gasteiger partial charge in [0.25, 0.3) is 5.91 Å². The van der Waals surface area contributed by atoms with Crippen LogP contribution in [0.4, 0.5) is 0 Å². The number of carbonyl (C=O) groups is 1. The Morgan fingerprint density at radius 1 is 1.26 bits per heavy atom. The monoisotopic (exact) mass is 422 g/mol. The molecule has 3 aliphatic rings. The first kappa shape index (κ1) is 20.6. The first-order valence-electron chi connectivity index (χ1n) is 11.8. The van der Waals surface area contributed by atoms with E-state index in [-0.39, 0.29) is 11.3 Å². The van der Waals surface area contributed by atoms with Gasteiger partial charge in [0.15, 0.2) is 0 Å². The third-order valence-electron chi connectivity index (χ3n) is 7.95. The van der Waals surface area contributed by atoms with E-state index in [2.05, 4.69) is 40.9 Å². The number of rotatable bonds is 5. The van der Waals surface area contributed by atoms with E-state index in [4.69, 9.17) is 4.74 Å². The number of H-pyrrole nitrogens is 1. The standard InChI is InChI=1S/C25H34N4O2/c1-4-13-31-21-10-6-5-9-18(21)19-14-20(27-26-19)24(30)29-16-17-15-25(2)22(28(17)3)11-7-8-12-23(25)29/h5-6,9-10,14,17,22-23H,4,7-8,11-13,15-16H2,1-3H3,(H,26,27)/t17-,22-,23+,25-/m0/s1. The molecule has 0 unspecified atom stereocenters. The fourth-order valence-corrected chi connectivity index (χ4v) is 6.43. The lowest BCUT2D eigenvalue weighted by atomic mass is 9.71. The second-order valence-electron chi connectivity index (χ2n) is 9.81. The molecule has 2 aliphatic heterocycles. The second-order valence-corrected chi connectivity index (χ2v) is 9.81. The van der Waals surface area contributed by atoms with Crippen molar-refractivity contribution in [3.8, 4) is 17.0 Å². The van der Waals surface area contributed by atoms with E-state index in [0.717, 1.165) is 36.4 Å². The summed E-state index contributed by atoms with van der Waals surface area (Å²) < 4.78 is 5.90. The van der Waals surface area contributed by atoms with Gasteiger partial charge in [-0.25, -0.2) is 0 Å². The molecule has 6 nitrogen and oxygen atoms in total. The topological polar surface area (TPSA) is 61.5 Å². The second kappa shape index (κ2) is 7.97. The van der Waals surface area contributed by atoms with Crippen molar-refractivity contribution in [1.82, 2.24) is 20.0 Å². The number of nitrogens with one attached hydrogen (secondary N) is 1. The van der Waals surface area contributed by atoms with Gasteiger partial charge in [0, 0.05) is 35.6 Å². The van der Waals surface area contributed by atoms with E-state index < -0.39 is 0 Å². The molecule has 1 saturated carbocycles. The van der Waals surface area contributed by atoms with Gasteiger partial charge in [0.1, 0.15) is 11.4 Å². The third-order valence-corrected chi connectivity index (χ3v) is 7.95. The number of carbonyl (C=O) groups excluding carboxylic acids is 1. The SMILES string of the molecule is CCCOc1ccccc1-c1cc(C(=O)N2C[C@@H]3C[C@@]4(C)[C@H](CCCC[C@@H]24)N3C)[nH]n1. The lowest BCUT2D eigenvalue weighted by molar-refractivity contribution is 0.0279. The van der Waals surface area contributed by atoms with Gasteiger partial charge < -0.3 is 9.64 Å². The minimum Gasteiger partial charge on any atom is -0.493 e. The van der Waals surface area contributed by atoms with Crippen LogP contribution >= 0.6 is 0 Å². The Morgan fingerprint density at radius 2 is 2.03 bits per heavy atom. The lowest BCUT2D eigenvalue weighted by Crippen LogP contribution is -2.55. The Balaban J connectivity index is 1.43. The molecular weight excluding hydrogens is 388 g/mol. The van der Waals surface area contributed by atoms with Crippen LogP contribution in [0.2, 0.25) is 0 Å². The van der Waals surface area contributed by atoms with Gasteiger partial charge in [-0.3, -0.25) is 14.8 Å². The van der Waals surface area contributed by atoms with Crippen LogP contribution in [0.3, 0.4) is 0 Å². The predicted molar refractivity (Wildman–Crippen MR) is 121 cm³/mol. The molecule has 5 rings (SSSR count). The minimum atomic E-state index is 0.0857. The smallest absolute Gasteiger partial charge is 0.272 e. The average Bonchev–Trinajstić information content (AvgIpc) is 3.28. The zero-order valence-corrected chi connectivity index (χ0v) is 18.9. The summed E-state index contributed by atoms with van der Waals surface area (Å²) in [6.07, 6.45) is 6.98. The molecule has 31 heavy (non-hydrogen) atoms. The fraction of sp³-hybridized carbons (Fsp3) is 0.600. The van der Waals surface area contributed by atoms with Gasteiger partial charge in [-0.1, -0.05) is 38.8 Å². The van der Waals surface area contributed by atoms with Crippen molar-refractivity contribution in [2.75, 3.05) is 20.2 Å². The largest absolute Gasteiger partial charge is 0.493 e. The highest BCUT2D eigenvalue weighted by molar-refractivity contribution is 5.94. The minimum absolute atomic E-state index is 0.0857. The van der Waals surface area contributed by atoms with E-state index in [0.29, 0.717) is 30.4 Å². The molecular formula is C25H34N4O2. The molecule has 2 saturated heterocycles. The van der Waals surface area contributed by atoms with Gasteiger partial charge in [0.2, 0.25) is 0 Å². The van der Waals surface area contributed by atoms with Crippen LogP contribution in [0.15, 0.2) is 30.3 Å². The number of nitrogens with zero attached hydrogens (tertiary/aromatic N) is 3. The number of benzene rings is 1. The lowest BCUT2D eigenvalue weighted by Gasteiger charge is -2.46. The first-order valence-corrected chi connectivity index (χ1v) is 11.8. The summed E-state index contributed by atoms with van der Waals surface area (Å²) in [7, 11) is 2.26. The van der Waals surface area contributed by atoms with E-state index in [1.807, 2.05) is 30.3 Å². The number of hydrogen-bond donors (Lipinski definition) is 1. The number of likely N-dealkylation sites (N-methyl/N-ethyl adjacent to an activating group) is 1. The summed E-state index contributed by atoms with van der Waals surface area (Å²) in [5.74, 6) is 0.897. The maximum absolute atomic E-state index is 13.7. The number of amides is 1. The number of aromatic amines is 1. The molecule has 6 heteroatoms. The highest BCUT2D eigenvalue weighted by Gasteiger charge is 2.58. The number of hydrogen-bond acceptors (Lipinski definition) is 4. The Morgan fingerprint density at radius 3 is 2.84 bits per heavy atom. The van der Waals surface area contributed by atoms with E-state index in [9.17, 15) is 4.79 Å². The van der Waals surface area contributed by atoms with Gasteiger partial charge in [-0.05, 0) is 50.9 Å². The van der Waals surface area contributed by atoms with Crippen LogP contribution in [-0.2, 0) is 0 Å². The predicted octanol–water partition coefficient (Wildman–Crippen LogP) is 4.34. The van der Waals surface area contributed by atoms with Crippen LogP contribution in [0, 0.1) is 5.41 Å². The molecule has 0 radical (unpaired) electrons. The number of ether oxygens (including phenoxy) is 1. The molecule has 1 aromatic heterocycles. The first-order chi connectivity index (χ1) is 15.0. The van der Waals surface area contributed by atoms with Crippen LogP contribution in [-0.4, -0.2) is 64.2 Å². The van der Waals surface area contributed by atoms with Crippen LogP contribution in [0.5, 0.6) is 5.75 Å². The number of aromatic nitrogens is 2. The van der Waals surface area contributed by atoms with Crippen LogP contribution < -0.4 is 4.74 Å². The van der Waals surface area contributed by atoms with Crippen molar-refractivity contribution in [3.63, 3.8) is 0 Å². The Bertz CT molecular complexity index is 957. The molecule has 166 valence electrons. The molecule has 4 atom stereocenters. The summed E-state index contributed by atoms with van der Waals surface area (Å²) in [6.45, 7) is 5.99. The molecule has 1 amide bonds. The van der Waals surface area contributed by atoms with Crippen molar-refractivity contribution in [3.05, 3.63) is 36.0 Å². The highest BCUT2D eigenvalue weighted by atomic mass is 16.5. The molecule has 1 N–H and O–H groups in total. The van der Waals surface area contributed by atoms with E-state index in [1.165, 1.54) is 25.7 Å². The molecule has 1 aromatic carbocycles. The van der Waals surface area contributed by atoms with Gasteiger partial charge in [-0.2, -0.15) is 5.10 Å². The summed E-state index contributed by atoms with van der Waals surface area (Å²) in [4.78, 5) is 18.4. The zero-order chi connectivity index (χ0) is 21.6. The van der Waals surface area contributed by atoms with Crippen molar-refractivity contribution >= 4 is 5.91 Å². The zero-order valence-electron chi connectivity index (χ0n) is 18.9. The number of fused-ring (bicyclic) bond motifs is 1. The molecule has 2 bridgehead atoms. The normalized spacial score (nSPS) is 30.3. The molecule has 0 spiro atoms.